The molecule has 4 nitrogen and oxygen atoms in total. The number of para-hydroxylation sites is 1. The molecule has 0 aliphatic heterocycles. The zero-order valence-electron chi connectivity index (χ0n) is 24.6. The zero-order chi connectivity index (χ0) is 28.5. The summed E-state index contributed by atoms with van der Waals surface area (Å²) in [6, 6.07) is 16.2. The van der Waals surface area contributed by atoms with Crippen LogP contribution in [0.1, 0.15) is 138 Å². The number of halogens is 1. The van der Waals surface area contributed by atoms with Gasteiger partial charge >= 0.3 is 255 Å². The minimum absolute atomic E-state index is 0.309. The first-order valence-corrected chi connectivity index (χ1v) is 19.0. The monoisotopic (exact) mass is 746 g/mol. The van der Waals surface area contributed by atoms with Crippen molar-refractivity contribution in [1.82, 2.24) is 9.13 Å². The molecule has 3 aromatic rings. The topological polar surface area (TPSA) is 36.2 Å². The van der Waals surface area contributed by atoms with E-state index in [1.54, 1.807) is 0 Å². The number of carbonyl (C=O) groups excluding carboxylic acids is 1. The third-order valence-corrected chi connectivity index (χ3v) is 10.4. The summed E-state index contributed by atoms with van der Waals surface area (Å²) in [5, 5.41) is 0. The van der Waals surface area contributed by atoms with Crippen molar-refractivity contribution in [2.75, 3.05) is 0 Å². The number of carbonyl (C=O) groups is 1. The van der Waals surface area contributed by atoms with Gasteiger partial charge < -0.3 is 0 Å². The molecule has 0 spiro atoms. The summed E-state index contributed by atoms with van der Waals surface area (Å²) in [7, 11) is 6.93. The van der Waals surface area contributed by atoms with E-state index in [2.05, 4.69) is 61.2 Å². The van der Waals surface area contributed by atoms with Crippen molar-refractivity contribution in [2.24, 2.45) is 0 Å². The van der Waals surface area contributed by atoms with E-state index in [0.29, 0.717) is 29.3 Å². The van der Waals surface area contributed by atoms with Gasteiger partial charge in [-0.1, -0.05) is 0 Å². The van der Waals surface area contributed by atoms with Gasteiger partial charge in [0.05, 0.1) is 0 Å². The molecule has 1 saturated carbocycles. The molecule has 0 bridgehead atoms. The fourth-order valence-electron chi connectivity index (χ4n) is 5.90. The SMILES string of the molecule is CC(C)c1cccc(C(C)C)c1-n1c(OC(=O)c2ccccc2)cn(C2CCCCCCCCCCC2)/[c]1=[Au]\[Cl]. The van der Waals surface area contributed by atoms with Crippen LogP contribution in [-0.2, 0) is 18.2 Å². The number of esters is 1. The molecule has 0 atom stereocenters. The quantitative estimate of drug-likeness (QED) is 0.186. The number of ether oxygens (including phenoxy) is 1. The van der Waals surface area contributed by atoms with E-state index in [9.17, 15) is 4.79 Å². The average Bonchev–Trinajstić information content (AvgIpc) is 3.30. The fraction of sp³-hybridized carbons (Fsp3) is 0.529. The van der Waals surface area contributed by atoms with E-state index in [1.807, 2.05) is 30.3 Å². The molecule has 6 heteroatoms. The van der Waals surface area contributed by atoms with E-state index in [4.69, 9.17) is 13.9 Å². The van der Waals surface area contributed by atoms with Crippen LogP contribution in [-0.4, -0.2) is 15.1 Å². The Bertz CT molecular complexity index is 1270. The zero-order valence-corrected chi connectivity index (χ0v) is 27.5. The Kier molecular flexibility index (Phi) is 12.0. The maximum absolute atomic E-state index is 13.4. The van der Waals surface area contributed by atoms with Crippen molar-refractivity contribution in [3.8, 4) is 11.6 Å². The Morgan fingerprint density at radius 1 is 0.800 bits per heavy atom. The van der Waals surface area contributed by atoms with Crippen molar-refractivity contribution in [3.63, 3.8) is 0 Å². The van der Waals surface area contributed by atoms with Crippen molar-refractivity contribution in [3.05, 3.63) is 75.0 Å². The van der Waals surface area contributed by atoms with Crippen molar-refractivity contribution in [1.29, 1.82) is 0 Å². The first kappa shape index (κ1) is 31.1. The minimum atomic E-state index is -0.706. The van der Waals surface area contributed by atoms with Crippen LogP contribution < -0.4 is 4.74 Å². The van der Waals surface area contributed by atoms with Gasteiger partial charge in [-0.05, 0) is 0 Å². The van der Waals surface area contributed by atoms with Crippen molar-refractivity contribution >= 4 is 15.2 Å². The fourth-order valence-corrected chi connectivity index (χ4v) is 8.21. The molecule has 1 aliphatic rings. The third kappa shape index (κ3) is 7.70. The van der Waals surface area contributed by atoms with E-state index in [0.717, 1.165) is 22.2 Å². The molecule has 0 saturated heterocycles. The summed E-state index contributed by atoms with van der Waals surface area (Å²) >= 11 is -0.706. The van der Waals surface area contributed by atoms with Crippen LogP contribution in [0.25, 0.3) is 5.69 Å². The van der Waals surface area contributed by atoms with Gasteiger partial charge in [-0.3, -0.25) is 0 Å². The molecule has 0 radical (unpaired) electrons. The van der Waals surface area contributed by atoms with Gasteiger partial charge in [0.1, 0.15) is 0 Å². The van der Waals surface area contributed by atoms with Gasteiger partial charge in [-0.15, -0.1) is 0 Å². The summed E-state index contributed by atoms with van der Waals surface area (Å²) in [4.78, 5) is 13.4. The third-order valence-electron chi connectivity index (χ3n) is 8.12. The van der Waals surface area contributed by atoms with E-state index in [-0.39, 0.29) is 5.97 Å². The number of benzene rings is 2. The van der Waals surface area contributed by atoms with Gasteiger partial charge in [0.15, 0.2) is 0 Å². The van der Waals surface area contributed by atoms with Gasteiger partial charge in [0.25, 0.3) is 0 Å². The summed E-state index contributed by atoms with van der Waals surface area (Å²) in [6.45, 7) is 8.93. The summed E-state index contributed by atoms with van der Waals surface area (Å²) < 4.78 is 12.0. The van der Waals surface area contributed by atoms with E-state index >= 15 is 0 Å². The molecule has 222 valence electrons. The van der Waals surface area contributed by atoms with Gasteiger partial charge in [0, 0.05) is 0 Å². The maximum atomic E-state index is 13.4. The molecule has 1 aromatic heterocycles. The molecule has 40 heavy (non-hydrogen) atoms. The Balaban J connectivity index is 1.88. The summed E-state index contributed by atoms with van der Waals surface area (Å²) in [5.74, 6) is 0.852. The average molecular weight is 747 g/mol. The molecule has 0 N–H and O–H groups in total. The molecule has 4 rings (SSSR count). The summed E-state index contributed by atoms with van der Waals surface area (Å²) in [6.07, 6.45) is 16.1. The van der Waals surface area contributed by atoms with Crippen molar-refractivity contribution < 1.29 is 27.7 Å². The second kappa shape index (κ2) is 15.4. The molecule has 2 aromatic carbocycles. The predicted octanol–water partition coefficient (Wildman–Crippen LogP) is 10.4. The number of imidazole rings is 1. The van der Waals surface area contributed by atoms with Crippen LogP contribution in [0.15, 0.2) is 54.7 Å². The second-order valence-electron chi connectivity index (χ2n) is 11.8. The Labute approximate surface area is 253 Å². The first-order valence-electron chi connectivity index (χ1n) is 15.2. The Morgan fingerprint density at radius 2 is 1.32 bits per heavy atom. The standard InChI is InChI=1S/C34H46N2O2.Au.ClH/c1-26(2)30-22-17-23-31(27(3)4)33(30)36-25-35(24-32(36)38-34(37)28-18-13-12-14-19-28)29-20-15-10-8-6-5-7-9-11-16-21-29;;/h12-14,17-19,22-24,26-27,29H,5-11,15-16,20-21H2,1-4H3;;1H/q;+1;/p-1. The number of nitrogens with zero attached hydrogens (tertiary/aromatic N) is 2. The molecule has 1 fully saturated rings. The van der Waals surface area contributed by atoms with Crippen LogP contribution in [0.2, 0.25) is 0 Å². The van der Waals surface area contributed by atoms with Crippen LogP contribution >= 0.6 is 9.19 Å². The van der Waals surface area contributed by atoms with Crippen molar-refractivity contribution in [2.45, 2.75) is 116 Å². The number of rotatable bonds is 6. The Hall–Kier alpha value is -1.85. The summed E-state index contributed by atoms with van der Waals surface area (Å²) in [5.41, 5.74) is 4.17. The van der Waals surface area contributed by atoms with Crippen LogP contribution in [0, 0.1) is 3.63 Å². The molecule has 1 heterocycles. The van der Waals surface area contributed by atoms with Gasteiger partial charge in [-0.25, -0.2) is 0 Å². The van der Waals surface area contributed by atoms with Crippen LogP contribution in [0.3, 0.4) is 0 Å². The number of hydrogen-bond donors (Lipinski definition) is 0. The van der Waals surface area contributed by atoms with E-state index in [1.165, 1.54) is 68.9 Å². The number of aromatic nitrogens is 2. The first-order chi connectivity index (χ1) is 19.4. The van der Waals surface area contributed by atoms with Crippen LogP contribution in [0.5, 0.6) is 5.88 Å². The molecular weight excluding hydrogens is 701 g/mol. The van der Waals surface area contributed by atoms with Crippen LogP contribution in [0.4, 0.5) is 0 Å². The van der Waals surface area contributed by atoms with Gasteiger partial charge in [-0.2, -0.15) is 0 Å². The normalized spacial score (nSPS) is 17.0. The molecular formula is C34H46AuClN2O2. The molecule has 0 unspecified atom stereocenters. The van der Waals surface area contributed by atoms with Gasteiger partial charge in [0.2, 0.25) is 0 Å². The number of hydrogen-bond acceptors (Lipinski definition) is 2. The van der Waals surface area contributed by atoms with E-state index < -0.39 is 18.2 Å². The molecule has 0 amide bonds. The molecule has 1 aliphatic carbocycles. The Morgan fingerprint density at radius 3 is 1.82 bits per heavy atom. The predicted molar refractivity (Wildman–Crippen MR) is 162 cm³/mol. The second-order valence-corrected chi connectivity index (χ2v) is 14.1.